The van der Waals surface area contributed by atoms with Crippen LogP contribution in [-0.2, 0) is 15.8 Å². The highest BCUT2D eigenvalue weighted by Crippen LogP contribution is 2.33. The van der Waals surface area contributed by atoms with Gasteiger partial charge in [-0.1, -0.05) is 35.6 Å². The summed E-state index contributed by atoms with van der Waals surface area (Å²) < 4.78 is 39.5. The molecule has 2 aromatic carbocycles. The summed E-state index contributed by atoms with van der Waals surface area (Å²) in [5.41, 5.74) is 12.8. The van der Waals surface area contributed by atoms with E-state index >= 15 is 0 Å². The predicted molar refractivity (Wildman–Crippen MR) is 111 cm³/mol. The molecule has 29 heavy (non-hydrogen) atoms. The van der Waals surface area contributed by atoms with Crippen LogP contribution in [0.5, 0.6) is 0 Å². The summed E-state index contributed by atoms with van der Waals surface area (Å²) in [6.45, 7) is 1.63. The molecule has 0 fully saturated rings. The van der Waals surface area contributed by atoms with Crippen molar-refractivity contribution in [1.82, 2.24) is 4.98 Å². The van der Waals surface area contributed by atoms with Gasteiger partial charge in [0.15, 0.2) is 5.13 Å². The lowest BCUT2D eigenvalue weighted by Gasteiger charge is -2.14. The monoisotopic (exact) mass is 436 g/mol. The van der Waals surface area contributed by atoms with Crippen LogP contribution in [0.1, 0.15) is 11.3 Å². The van der Waals surface area contributed by atoms with Crippen LogP contribution in [-0.4, -0.2) is 17.9 Å². The minimum Gasteiger partial charge on any atom is -0.291 e. The van der Waals surface area contributed by atoms with Crippen LogP contribution in [0.3, 0.4) is 0 Å². The number of anilines is 1. The van der Waals surface area contributed by atoms with Gasteiger partial charge in [0.1, 0.15) is 16.3 Å². The molecule has 1 aromatic heterocycles. The maximum absolute atomic E-state index is 13.9. The molecule has 0 radical (unpaired) electrons. The summed E-state index contributed by atoms with van der Waals surface area (Å²) in [7, 11) is -1.90. The first-order valence-electron chi connectivity index (χ1n) is 8.52. The normalized spacial score (nSPS) is 11.5. The molecule has 0 aliphatic carbocycles. The van der Waals surface area contributed by atoms with Crippen molar-refractivity contribution in [3.05, 3.63) is 65.4 Å². The number of hydrogen-bond acceptors (Lipinski definition) is 4. The summed E-state index contributed by atoms with van der Waals surface area (Å²) >= 11 is 1.02. The number of likely N-dealkylation sites (N-methyl/N-ethyl adjacent to an activating group) is 1. The molecule has 0 saturated heterocycles. The van der Waals surface area contributed by atoms with Gasteiger partial charge in [-0.25, -0.2) is 13.8 Å². The lowest BCUT2D eigenvalue weighted by molar-refractivity contribution is -0.117. The van der Waals surface area contributed by atoms with E-state index in [4.69, 9.17) is 11.0 Å². The highest BCUT2D eigenvalue weighted by Gasteiger charge is 2.24. The van der Waals surface area contributed by atoms with Crippen LogP contribution < -0.4 is 20.5 Å². The van der Waals surface area contributed by atoms with Crippen LogP contribution in [0, 0.1) is 18.6 Å². The summed E-state index contributed by atoms with van der Waals surface area (Å²) in [5, 5.41) is 0.345. The van der Waals surface area contributed by atoms with E-state index < -0.39 is 19.1 Å². The van der Waals surface area contributed by atoms with Crippen LogP contribution in [0.25, 0.3) is 11.1 Å². The molecular weight excluding hydrogens is 417 g/mol. The average molecular weight is 436 g/mol. The van der Waals surface area contributed by atoms with Gasteiger partial charge in [-0.3, -0.25) is 25.3 Å². The predicted octanol–water partition coefficient (Wildman–Crippen LogP) is 3.34. The Morgan fingerprint density at radius 2 is 1.83 bits per heavy atom. The summed E-state index contributed by atoms with van der Waals surface area (Å²) in [4.78, 5) is 18.2. The Hall–Kier alpha value is -2.45. The number of nitrogens with zero attached hydrogens (tertiary/aromatic N) is 2. The molecule has 152 valence electrons. The molecular formula is C19H19F2N4O2PS. The number of carbonyl (C=O) groups excluding carboxylic acids is 1. The number of halogens is 2. The topological polar surface area (TPSA) is 102 Å². The van der Waals surface area contributed by atoms with E-state index in [9.17, 15) is 18.1 Å². The van der Waals surface area contributed by atoms with Crippen LogP contribution in [0.4, 0.5) is 13.9 Å². The Labute approximate surface area is 170 Å². The average Bonchev–Trinajstić information content (AvgIpc) is 3.06. The van der Waals surface area contributed by atoms with Gasteiger partial charge in [0, 0.05) is 12.6 Å². The molecule has 0 aliphatic heterocycles. The molecule has 6 nitrogen and oxygen atoms in total. The number of benzene rings is 2. The summed E-state index contributed by atoms with van der Waals surface area (Å²) in [6, 6.07) is 9.87. The van der Waals surface area contributed by atoms with E-state index in [1.54, 1.807) is 38.2 Å². The quantitative estimate of drug-likeness (QED) is 0.598. The zero-order chi connectivity index (χ0) is 21.3. The Morgan fingerprint density at radius 3 is 2.41 bits per heavy atom. The fourth-order valence-electron chi connectivity index (χ4n) is 2.76. The van der Waals surface area contributed by atoms with Crippen molar-refractivity contribution in [2.45, 2.75) is 13.3 Å². The van der Waals surface area contributed by atoms with Crippen molar-refractivity contribution in [1.29, 1.82) is 0 Å². The van der Waals surface area contributed by atoms with E-state index in [1.165, 1.54) is 4.90 Å². The number of hydrogen-bond donors (Lipinski definition) is 2. The Bertz CT molecular complexity index is 1110. The molecule has 10 heteroatoms. The third kappa shape index (κ3) is 4.76. The molecule has 0 aliphatic rings. The van der Waals surface area contributed by atoms with E-state index in [0.717, 1.165) is 29.5 Å². The summed E-state index contributed by atoms with van der Waals surface area (Å²) in [6.07, 6.45) is 0.0687. The van der Waals surface area contributed by atoms with Gasteiger partial charge in [0.05, 0.1) is 12.1 Å². The smallest absolute Gasteiger partial charge is 0.247 e. The molecule has 1 heterocycles. The van der Waals surface area contributed by atoms with Crippen molar-refractivity contribution >= 4 is 34.4 Å². The Balaban J connectivity index is 1.75. The minimum atomic E-state index is -3.45. The molecule has 0 atom stereocenters. The maximum Gasteiger partial charge on any atom is 0.247 e. The van der Waals surface area contributed by atoms with Crippen molar-refractivity contribution in [3.63, 3.8) is 0 Å². The van der Waals surface area contributed by atoms with Crippen LogP contribution >= 0.6 is 18.8 Å². The maximum atomic E-state index is 13.9. The van der Waals surface area contributed by atoms with E-state index in [0.29, 0.717) is 22.0 Å². The number of carbonyl (C=O) groups is 1. The van der Waals surface area contributed by atoms with Gasteiger partial charge >= 0.3 is 0 Å². The summed E-state index contributed by atoms with van der Waals surface area (Å²) in [5.74, 6) is -1.30. The highest BCUT2D eigenvalue weighted by atomic mass is 32.1. The molecule has 0 bridgehead atoms. The molecule has 4 N–H and O–H groups in total. The fourth-order valence-corrected chi connectivity index (χ4v) is 4.92. The SMILES string of the molecule is Cc1nc(N(C)C(=O)Cc2ccc(-c3cc(F)ccc3F)cc2)sc1P(N)(N)=O. The minimum absolute atomic E-state index is 0.0687. The molecule has 0 spiro atoms. The number of nitrogens with two attached hydrogens (primary N) is 2. The van der Waals surface area contributed by atoms with Gasteiger partial charge in [-0.15, -0.1) is 0 Å². The zero-order valence-corrected chi connectivity index (χ0v) is 17.4. The van der Waals surface area contributed by atoms with E-state index in [2.05, 4.69) is 4.98 Å². The first-order valence-corrected chi connectivity index (χ1v) is 11.2. The first-order chi connectivity index (χ1) is 13.6. The standard InChI is InChI=1S/C19H19F2N4O2PS/c1-11-18(28(22,23)27)29-19(24-11)25(2)17(26)9-12-3-5-13(6-4-12)15-10-14(20)7-8-16(15)21/h3-8,10H,9H2,1-2H3,(H4,22,23,27). The van der Waals surface area contributed by atoms with Crippen molar-refractivity contribution in [2.24, 2.45) is 11.0 Å². The zero-order valence-electron chi connectivity index (χ0n) is 15.7. The largest absolute Gasteiger partial charge is 0.291 e. The van der Waals surface area contributed by atoms with Gasteiger partial charge in [0.25, 0.3) is 0 Å². The number of aryl methyl sites for hydroxylation is 1. The second-order valence-corrected chi connectivity index (χ2v) is 9.69. The van der Waals surface area contributed by atoms with Crippen LogP contribution in [0.2, 0.25) is 0 Å². The number of thiazole rings is 1. The van der Waals surface area contributed by atoms with Crippen molar-refractivity contribution in [2.75, 3.05) is 11.9 Å². The number of amides is 1. The van der Waals surface area contributed by atoms with E-state index in [-0.39, 0.29) is 22.5 Å². The third-order valence-corrected chi connectivity index (χ3v) is 7.41. The Morgan fingerprint density at radius 1 is 1.17 bits per heavy atom. The van der Waals surface area contributed by atoms with Gasteiger partial charge in [-0.2, -0.15) is 0 Å². The van der Waals surface area contributed by atoms with Crippen LogP contribution in [0.15, 0.2) is 42.5 Å². The number of rotatable bonds is 5. The van der Waals surface area contributed by atoms with E-state index in [1.807, 2.05) is 0 Å². The first kappa shape index (κ1) is 21.3. The van der Waals surface area contributed by atoms with Crippen molar-refractivity contribution in [3.8, 4) is 11.1 Å². The lowest BCUT2D eigenvalue weighted by atomic mass is 10.0. The molecule has 1 amide bonds. The fraction of sp³-hybridized carbons (Fsp3) is 0.158. The Kier molecular flexibility index (Phi) is 5.95. The molecule has 0 saturated carbocycles. The van der Waals surface area contributed by atoms with Gasteiger partial charge in [0.2, 0.25) is 13.4 Å². The lowest BCUT2D eigenvalue weighted by Crippen LogP contribution is -2.27. The number of aromatic nitrogens is 1. The highest BCUT2D eigenvalue weighted by molar-refractivity contribution is 7.73. The molecule has 0 unspecified atom stereocenters. The second kappa shape index (κ2) is 8.12. The van der Waals surface area contributed by atoms with Gasteiger partial charge < -0.3 is 0 Å². The second-order valence-electron chi connectivity index (χ2n) is 6.55. The molecule has 3 rings (SSSR count). The van der Waals surface area contributed by atoms with Gasteiger partial charge in [-0.05, 0) is 36.2 Å². The molecule has 3 aromatic rings. The van der Waals surface area contributed by atoms with Crippen molar-refractivity contribution < 1.29 is 18.1 Å². The third-order valence-electron chi connectivity index (χ3n) is 4.29.